The smallest absolute Gasteiger partial charge is 0.224 e. The van der Waals surface area contributed by atoms with E-state index in [1.165, 1.54) is 0 Å². The summed E-state index contributed by atoms with van der Waals surface area (Å²) in [5.41, 5.74) is 2.70. The van der Waals surface area contributed by atoms with Gasteiger partial charge in [0.15, 0.2) is 0 Å². The predicted octanol–water partition coefficient (Wildman–Crippen LogP) is 5.76. The number of ether oxygens (including phenoxy) is 1. The van der Waals surface area contributed by atoms with Crippen molar-refractivity contribution in [2.24, 2.45) is 0 Å². The van der Waals surface area contributed by atoms with Crippen molar-refractivity contribution in [2.45, 2.75) is 12.8 Å². The minimum absolute atomic E-state index is 0.0229. The number of carbonyl (C=O) groups excluding carboxylic acids is 1. The second-order valence-electron chi connectivity index (χ2n) is 6.35. The van der Waals surface area contributed by atoms with Crippen molar-refractivity contribution in [3.05, 3.63) is 78.9 Å². The molecular formula is C23H20N2O2S. The molecule has 0 unspecified atom stereocenters. The molecule has 4 aromatic rings. The van der Waals surface area contributed by atoms with Crippen LogP contribution in [0.3, 0.4) is 0 Å². The second kappa shape index (κ2) is 8.67. The number of fused-ring (bicyclic) bond motifs is 1. The number of rotatable bonds is 7. The van der Waals surface area contributed by atoms with E-state index in [4.69, 9.17) is 9.72 Å². The summed E-state index contributed by atoms with van der Waals surface area (Å²) in [6, 6.07) is 25.5. The van der Waals surface area contributed by atoms with Gasteiger partial charge in [-0.3, -0.25) is 4.79 Å². The number of nitrogens with zero attached hydrogens (tertiary/aromatic N) is 1. The number of anilines is 1. The Hall–Kier alpha value is -3.18. The molecule has 1 aromatic heterocycles. The van der Waals surface area contributed by atoms with Gasteiger partial charge in [0.05, 0.1) is 22.5 Å². The maximum absolute atomic E-state index is 12.4. The van der Waals surface area contributed by atoms with E-state index in [-0.39, 0.29) is 5.91 Å². The maximum atomic E-state index is 12.4. The van der Waals surface area contributed by atoms with E-state index in [0.717, 1.165) is 32.2 Å². The summed E-state index contributed by atoms with van der Waals surface area (Å²) in [5, 5.41) is 3.93. The van der Waals surface area contributed by atoms with E-state index in [1.54, 1.807) is 11.3 Å². The molecule has 4 rings (SSSR count). The molecule has 0 aliphatic heterocycles. The summed E-state index contributed by atoms with van der Waals surface area (Å²) in [6.45, 7) is 0.511. The highest BCUT2D eigenvalue weighted by atomic mass is 32.1. The predicted molar refractivity (Wildman–Crippen MR) is 115 cm³/mol. The Morgan fingerprint density at radius 1 is 0.929 bits per heavy atom. The Labute approximate surface area is 167 Å². The number of nitrogens with one attached hydrogen (secondary N) is 1. The van der Waals surface area contributed by atoms with E-state index < -0.39 is 0 Å². The van der Waals surface area contributed by atoms with Crippen molar-refractivity contribution in [2.75, 3.05) is 11.9 Å². The van der Waals surface area contributed by atoms with Crippen LogP contribution in [0.1, 0.15) is 12.8 Å². The normalized spacial score (nSPS) is 10.7. The molecule has 140 valence electrons. The Kier molecular flexibility index (Phi) is 5.64. The van der Waals surface area contributed by atoms with Crippen molar-refractivity contribution in [3.63, 3.8) is 0 Å². The third kappa shape index (κ3) is 4.38. The van der Waals surface area contributed by atoms with Crippen molar-refractivity contribution < 1.29 is 9.53 Å². The van der Waals surface area contributed by atoms with E-state index >= 15 is 0 Å². The maximum Gasteiger partial charge on any atom is 0.224 e. The van der Waals surface area contributed by atoms with Gasteiger partial charge < -0.3 is 10.1 Å². The molecule has 5 heteroatoms. The van der Waals surface area contributed by atoms with Gasteiger partial charge in [0, 0.05) is 12.0 Å². The number of hydrogen-bond donors (Lipinski definition) is 1. The zero-order valence-electron chi connectivity index (χ0n) is 15.3. The molecule has 3 aromatic carbocycles. The SMILES string of the molecule is O=C(CCCOc1ccccc1)Nc1ccccc1-c1nc2ccccc2s1. The minimum atomic E-state index is -0.0229. The molecule has 4 nitrogen and oxygen atoms in total. The van der Waals surface area contributed by atoms with Gasteiger partial charge in [0.1, 0.15) is 10.8 Å². The first-order valence-electron chi connectivity index (χ1n) is 9.22. The molecule has 0 radical (unpaired) electrons. The van der Waals surface area contributed by atoms with Crippen LogP contribution in [0, 0.1) is 0 Å². The molecular weight excluding hydrogens is 368 g/mol. The number of benzene rings is 3. The number of hydrogen-bond acceptors (Lipinski definition) is 4. The third-order valence-corrected chi connectivity index (χ3v) is 5.36. The Morgan fingerprint density at radius 2 is 1.68 bits per heavy atom. The van der Waals surface area contributed by atoms with Crippen molar-refractivity contribution >= 4 is 33.1 Å². The molecule has 0 fully saturated rings. The first kappa shape index (κ1) is 18.2. The molecule has 1 heterocycles. The summed E-state index contributed by atoms with van der Waals surface area (Å²) in [7, 11) is 0. The topological polar surface area (TPSA) is 51.2 Å². The highest BCUT2D eigenvalue weighted by Crippen LogP contribution is 2.34. The van der Waals surface area contributed by atoms with E-state index in [0.29, 0.717) is 19.4 Å². The van der Waals surface area contributed by atoms with Crippen LogP contribution in [0.25, 0.3) is 20.8 Å². The largest absolute Gasteiger partial charge is 0.494 e. The van der Waals surface area contributed by atoms with Gasteiger partial charge in [0.2, 0.25) is 5.91 Å². The zero-order valence-corrected chi connectivity index (χ0v) is 16.1. The van der Waals surface area contributed by atoms with Crippen molar-refractivity contribution in [1.29, 1.82) is 0 Å². The number of para-hydroxylation sites is 3. The lowest BCUT2D eigenvalue weighted by Gasteiger charge is -2.10. The monoisotopic (exact) mass is 388 g/mol. The molecule has 28 heavy (non-hydrogen) atoms. The lowest BCUT2D eigenvalue weighted by molar-refractivity contribution is -0.116. The van der Waals surface area contributed by atoms with Gasteiger partial charge in [-0.1, -0.05) is 42.5 Å². The van der Waals surface area contributed by atoms with Crippen LogP contribution in [0.2, 0.25) is 0 Å². The fourth-order valence-corrected chi connectivity index (χ4v) is 3.92. The minimum Gasteiger partial charge on any atom is -0.494 e. The number of aromatic nitrogens is 1. The fourth-order valence-electron chi connectivity index (χ4n) is 2.92. The third-order valence-electron chi connectivity index (χ3n) is 4.29. The lowest BCUT2D eigenvalue weighted by Crippen LogP contribution is -2.13. The Morgan fingerprint density at radius 3 is 2.54 bits per heavy atom. The van der Waals surface area contributed by atoms with Gasteiger partial charge in [-0.05, 0) is 42.8 Å². The summed E-state index contributed by atoms with van der Waals surface area (Å²) in [4.78, 5) is 17.1. The van der Waals surface area contributed by atoms with Gasteiger partial charge in [0.25, 0.3) is 0 Å². The average molecular weight is 388 g/mol. The molecule has 0 aliphatic rings. The van der Waals surface area contributed by atoms with E-state index in [2.05, 4.69) is 11.4 Å². The molecule has 0 saturated heterocycles. The second-order valence-corrected chi connectivity index (χ2v) is 7.38. The molecule has 1 N–H and O–H groups in total. The van der Waals surface area contributed by atoms with Crippen molar-refractivity contribution in [1.82, 2.24) is 4.98 Å². The average Bonchev–Trinajstić information content (AvgIpc) is 3.16. The molecule has 0 bridgehead atoms. The molecule has 0 aliphatic carbocycles. The van der Waals surface area contributed by atoms with Crippen molar-refractivity contribution in [3.8, 4) is 16.3 Å². The van der Waals surface area contributed by atoms with Crippen LogP contribution in [0.5, 0.6) is 5.75 Å². The van der Waals surface area contributed by atoms with Crippen LogP contribution in [0.15, 0.2) is 78.9 Å². The van der Waals surface area contributed by atoms with Gasteiger partial charge in [-0.25, -0.2) is 4.98 Å². The quantitative estimate of drug-likeness (QED) is 0.409. The number of carbonyl (C=O) groups is 1. The first-order chi connectivity index (χ1) is 13.8. The summed E-state index contributed by atoms with van der Waals surface area (Å²) < 4.78 is 6.78. The Bertz CT molecular complexity index is 1040. The van der Waals surface area contributed by atoms with Gasteiger partial charge >= 0.3 is 0 Å². The van der Waals surface area contributed by atoms with Crippen LogP contribution in [-0.4, -0.2) is 17.5 Å². The fraction of sp³-hybridized carbons (Fsp3) is 0.130. The standard InChI is InChI=1S/C23H20N2O2S/c26-22(15-8-16-27-17-9-2-1-3-10-17)24-19-12-5-4-11-18(19)23-25-20-13-6-7-14-21(20)28-23/h1-7,9-14H,8,15-16H2,(H,24,26). The molecule has 1 amide bonds. The van der Waals surface area contributed by atoms with E-state index in [1.807, 2.05) is 72.8 Å². The highest BCUT2D eigenvalue weighted by molar-refractivity contribution is 7.21. The molecule has 0 spiro atoms. The Balaban J connectivity index is 1.39. The van der Waals surface area contributed by atoms with Crippen LogP contribution >= 0.6 is 11.3 Å². The first-order valence-corrected chi connectivity index (χ1v) is 10.0. The summed E-state index contributed by atoms with van der Waals surface area (Å²) in [6.07, 6.45) is 1.06. The van der Waals surface area contributed by atoms with E-state index in [9.17, 15) is 4.79 Å². The van der Waals surface area contributed by atoms with Gasteiger partial charge in [-0.15, -0.1) is 11.3 Å². The molecule has 0 saturated carbocycles. The summed E-state index contributed by atoms with van der Waals surface area (Å²) in [5.74, 6) is 0.800. The lowest BCUT2D eigenvalue weighted by atomic mass is 10.1. The summed E-state index contributed by atoms with van der Waals surface area (Å²) >= 11 is 1.63. The zero-order chi connectivity index (χ0) is 19.2. The van der Waals surface area contributed by atoms with Crippen LogP contribution in [0.4, 0.5) is 5.69 Å². The highest BCUT2D eigenvalue weighted by Gasteiger charge is 2.12. The molecule has 0 atom stereocenters. The van der Waals surface area contributed by atoms with Crippen LogP contribution in [-0.2, 0) is 4.79 Å². The number of thiazole rings is 1. The van der Waals surface area contributed by atoms with Gasteiger partial charge in [-0.2, -0.15) is 0 Å². The number of amides is 1. The van der Waals surface area contributed by atoms with Crippen LogP contribution < -0.4 is 10.1 Å².